The van der Waals surface area contributed by atoms with Crippen molar-refractivity contribution >= 4 is 17.5 Å². The first-order chi connectivity index (χ1) is 7.03. The first-order valence-corrected chi connectivity index (χ1v) is 6.11. The van der Waals surface area contributed by atoms with Gasteiger partial charge in [-0.3, -0.25) is 4.79 Å². The Morgan fingerprint density at radius 2 is 1.93 bits per heavy atom. The van der Waals surface area contributed by atoms with Crippen LogP contribution >= 0.6 is 11.6 Å². The minimum Gasteiger partial charge on any atom is -0.388 e. The van der Waals surface area contributed by atoms with Crippen LogP contribution in [0.5, 0.6) is 0 Å². The van der Waals surface area contributed by atoms with Gasteiger partial charge < -0.3 is 10.4 Å². The quantitative estimate of drug-likeness (QED) is 0.577. The van der Waals surface area contributed by atoms with Crippen LogP contribution in [0.15, 0.2) is 0 Å². The van der Waals surface area contributed by atoms with Crippen LogP contribution < -0.4 is 5.32 Å². The molecule has 1 aliphatic carbocycles. The van der Waals surface area contributed by atoms with E-state index in [2.05, 4.69) is 5.32 Å². The molecule has 1 fully saturated rings. The molecule has 1 atom stereocenters. The predicted molar refractivity (Wildman–Crippen MR) is 61.0 cm³/mol. The molecule has 1 amide bonds. The van der Waals surface area contributed by atoms with Gasteiger partial charge in [-0.15, -0.1) is 11.6 Å². The molecular weight excluding hydrogens is 214 g/mol. The number of carbonyl (C=O) groups excluding carboxylic acids is 1. The molecule has 0 bridgehead atoms. The van der Waals surface area contributed by atoms with Crippen LogP contribution in [0.2, 0.25) is 0 Å². The van der Waals surface area contributed by atoms with Crippen LogP contribution in [0, 0.1) is 0 Å². The van der Waals surface area contributed by atoms with Gasteiger partial charge in [-0.1, -0.05) is 25.7 Å². The average Bonchev–Trinajstić information content (AvgIpc) is 2.40. The summed E-state index contributed by atoms with van der Waals surface area (Å²) < 4.78 is 0. The van der Waals surface area contributed by atoms with Crippen molar-refractivity contribution in [1.82, 2.24) is 5.32 Å². The Hall–Kier alpha value is -0.280. The van der Waals surface area contributed by atoms with Gasteiger partial charge in [0.05, 0.1) is 5.60 Å². The van der Waals surface area contributed by atoms with Crippen LogP contribution in [0.1, 0.15) is 45.4 Å². The van der Waals surface area contributed by atoms with E-state index in [0.29, 0.717) is 6.54 Å². The van der Waals surface area contributed by atoms with Crippen molar-refractivity contribution in [2.45, 2.75) is 56.4 Å². The molecule has 0 saturated heterocycles. The summed E-state index contributed by atoms with van der Waals surface area (Å²) >= 11 is 5.63. The smallest absolute Gasteiger partial charge is 0.237 e. The molecule has 1 unspecified atom stereocenters. The molecule has 15 heavy (non-hydrogen) atoms. The Morgan fingerprint density at radius 1 is 1.40 bits per heavy atom. The average molecular weight is 234 g/mol. The molecule has 1 aliphatic rings. The third kappa shape index (κ3) is 4.39. The minimum atomic E-state index is -0.710. The molecule has 0 spiro atoms. The summed E-state index contributed by atoms with van der Waals surface area (Å²) in [6, 6.07) is 0. The van der Waals surface area contributed by atoms with Crippen LogP contribution in [0.25, 0.3) is 0 Å². The SMILES string of the molecule is CC(Cl)C(=O)NCC1(O)CCCCCC1. The molecule has 2 N–H and O–H groups in total. The molecule has 1 saturated carbocycles. The van der Waals surface area contributed by atoms with E-state index in [1.165, 1.54) is 12.8 Å². The molecule has 3 nitrogen and oxygen atoms in total. The number of alkyl halides is 1. The Kier molecular flexibility index (Phi) is 4.87. The zero-order valence-electron chi connectivity index (χ0n) is 9.26. The molecule has 88 valence electrons. The monoisotopic (exact) mass is 233 g/mol. The lowest BCUT2D eigenvalue weighted by Gasteiger charge is -2.27. The minimum absolute atomic E-state index is 0.200. The molecule has 0 heterocycles. The number of hydrogen-bond donors (Lipinski definition) is 2. The highest BCUT2D eigenvalue weighted by Gasteiger charge is 2.28. The topological polar surface area (TPSA) is 49.3 Å². The van der Waals surface area contributed by atoms with Gasteiger partial charge in [-0.25, -0.2) is 0 Å². The first kappa shape index (κ1) is 12.8. The van der Waals surface area contributed by atoms with E-state index in [4.69, 9.17) is 11.6 Å². The highest BCUT2D eigenvalue weighted by Crippen LogP contribution is 2.26. The van der Waals surface area contributed by atoms with Gasteiger partial charge in [0.1, 0.15) is 5.38 Å². The maximum Gasteiger partial charge on any atom is 0.237 e. The number of hydrogen-bond acceptors (Lipinski definition) is 2. The molecule has 4 heteroatoms. The zero-order valence-corrected chi connectivity index (χ0v) is 10.0. The molecule has 0 aromatic rings. The second-order valence-corrected chi connectivity index (χ2v) is 5.13. The maximum absolute atomic E-state index is 11.3. The fourth-order valence-electron chi connectivity index (χ4n) is 1.96. The van der Waals surface area contributed by atoms with Gasteiger partial charge in [0.2, 0.25) is 5.91 Å². The van der Waals surface area contributed by atoms with Gasteiger partial charge in [-0.05, 0) is 19.8 Å². The summed E-state index contributed by atoms with van der Waals surface area (Å²) in [5, 5.41) is 12.4. The summed E-state index contributed by atoms with van der Waals surface area (Å²) in [6.07, 6.45) is 6.02. The molecule has 0 aliphatic heterocycles. The number of rotatable bonds is 3. The second-order valence-electron chi connectivity index (χ2n) is 4.47. The van der Waals surface area contributed by atoms with Crippen molar-refractivity contribution < 1.29 is 9.90 Å². The highest BCUT2D eigenvalue weighted by atomic mass is 35.5. The summed E-state index contributed by atoms with van der Waals surface area (Å²) in [5.41, 5.74) is -0.710. The number of aliphatic hydroxyl groups is 1. The largest absolute Gasteiger partial charge is 0.388 e. The third-order valence-corrected chi connectivity index (χ3v) is 3.19. The lowest BCUT2D eigenvalue weighted by Crippen LogP contribution is -2.44. The molecule has 0 aromatic heterocycles. The lowest BCUT2D eigenvalue weighted by molar-refractivity contribution is -0.121. The van der Waals surface area contributed by atoms with Crippen LogP contribution in [-0.2, 0) is 4.79 Å². The van der Waals surface area contributed by atoms with E-state index in [1.54, 1.807) is 6.92 Å². The summed E-state index contributed by atoms with van der Waals surface area (Å²) in [4.78, 5) is 11.3. The van der Waals surface area contributed by atoms with Crippen LogP contribution in [-0.4, -0.2) is 28.5 Å². The van der Waals surface area contributed by atoms with E-state index in [0.717, 1.165) is 25.7 Å². The van der Waals surface area contributed by atoms with E-state index in [-0.39, 0.29) is 5.91 Å². The van der Waals surface area contributed by atoms with E-state index >= 15 is 0 Å². The zero-order chi connectivity index (χ0) is 11.3. The molecule has 0 aromatic carbocycles. The van der Waals surface area contributed by atoms with Crippen LogP contribution in [0.3, 0.4) is 0 Å². The fourth-order valence-corrected chi connectivity index (χ4v) is 2.03. The van der Waals surface area contributed by atoms with Crippen molar-refractivity contribution in [3.05, 3.63) is 0 Å². The Bertz CT molecular complexity index is 211. The third-order valence-electron chi connectivity index (χ3n) is 2.99. The van der Waals surface area contributed by atoms with Gasteiger partial charge in [0.25, 0.3) is 0 Å². The number of nitrogens with one attached hydrogen (secondary N) is 1. The Balaban J connectivity index is 2.37. The van der Waals surface area contributed by atoms with Crippen molar-refractivity contribution in [1.29, 1.82) is 0 Å². The highest BCUT2D eigenvalue weighted by molar-refractivity contribution is 6.30. The summed E-state index contributed by atoms with van der Waals surface area (Å²) in [5.74, 6) is -0.200. The van der Waals surface area contributed by atoms with Crippen LogP contribution in [0.4, 0.5) is 0 Å². The number of amides is 1. The number of carbonyl (C=O) groups is 1. The predicted octanol–water partition coefficient (Wildman–Crippen LogP) is 1.82. The van der Waals surface area contributed by atoms with Crippen molar-refractivity contribution in [2.75, 3.05) is 6.54 Å². The van der Waals surface area contributed by atoms with Gasteiger partial charge in [0.15, 0.2) is 0 Å². The lowest BCUT2D eigenvalue weighted by atomic mass is 9.94. The van der Waals surface area contributed by atoms with E-state index in [9.17, 15) is 9.90 Å². The maximum atomic E-state index is 11.3. The molecular formula is C11H20ClNO2. The summed E-state index contributed by atoms with van der Waals surface area (Å²) in [6.45, 7) is 1.97. The molecule has 0 radical (unpaired) electrons. The fraction of sp³-hybridized carbons (Fsp3) is 0.909. The van der Waals surface area contributed by atoms with Gasteiger partial charge in [0, 0.05) is 6.54 Å². The Morgan fingerprint density at radius 3 is 2.40 bits per heavy atom. The second kappa shape index (κ2) is 5.71. The number of halogens is 1. The van der Waals surface area contributed by atoms with Crippen molar-refractivity contribution in [3.8, 4) is 0 Å². The summed E-state index contributed by atoms with van der Waals surface area (Å²) in [7, 11) is 0. The Labute approximate surface area is 96.2 Å². The van der Waals surface area contributed by atoms with Crippen molar-refractivity contribution in [3.63, 3.8) is 0 Å². The normalized spacial score (nSPS) is 22.9. The van der Waals surface area contributed by atoms with Gasteiger partial charge in [-0.2, -0.15) is 0 Å². The van der Waals surface area contributed by atoms with Gasteiger partial charge >= 0.3 is 0 Å². The standard InChI is InChI=1S/C11H20ClNO2/c1-9(12)10(14)13-8-11(15)6-4-2-3-5-7-11/h9,15H,2-8H2,1H3,(H,13,14). The van der Waals surface area contributed by atoms with E-state index < -0.39 is 11.0 Å². The molecule has 1 rings (SSSR count). The first-order valence-electron chi connectivity index (χ1n) is 5.68. The van der Waals surface area contributed by atoms with Crippen molar-refractivity contribution in [2.24, 2.45) is 0 Å². The van der Waals surface area contributed by atoms with E-state index in [1.807, 2.05) is 0 Å².